The second kappa shape index (κ2) is 6.83. The Morgan fingerprint density at radius 1 is 1.30 bits per heavy atom. The van der Waals surface area contributed by atoms with Gasteiger partial charge in [-0.25, -0.2) is 4.98 Å². The van der Waals surface area contributed by atoms with Crippen molar-refractivity contribution in [2.75, 3.05) is 6.61 Å². The predicted molar refractivity (Wildman–Crippen MR) is 78.6 cm³/mol. The van der Waals surface area contributed by atoms with E-state index in [1.165, 1.54) is 5.56 Å². The van der Waals surface area contributed by atoms with Crippen molar-refractivity contribution in [2.24, 2.45) is 0 Å². The molecule has 0 saturated heterocycles. The van der Waals surface area contributed by atoms with Crippen molar-refractivity contribution in [1.82, 2.24) is 20.1 Å². The van der Waals surface area contributed by atoms with E-state index in [2.05, 4.69) is 15.4 Å². The molecule has 0 saturated carbocycles. The minimum absolute atomic E-state index is 0.102. The maximum absolute atomic E-state index is 9.00. The summed E-state index contributed by atoms with van der Waals surface area (Å²) in [6.45, 7) is 6.12. The first-order chi connectivity index (χ1) is 9.61. The summed E-state index contributed by atoms with van der Waals surface area (Å²) >= 11 is 5.75. The molecular weight excluding hydrogens is 276 g/mol. The third kappa shape index (κ3) is 3.56. The van der Waals surface area contributed by atoms with E-state index >= 15 is 0 Å². The van der Waals surface area contributed by atoms with Crippen LogP contribution in [0.15, 0.2) is 18.3 Å². The van der Waals surface area contributed by atoms with E-state index in [-0.39, 0.29) is 6.61 Å². The van der Waals surface area contributed by atoms with Crippen LogP contribution in [0, 0.1) is 13.8 Å². The highest BCUT2D eigenvalue weighted by Gasteiger charge is 2.10. The molecule has 0 aliphatic heterocycles. The molecule has 0 radical (unpaired) electrons. The van der Waals surface area contributed by atoms with E-state index in [4.69, 9.17) is 16.7 Å². The van der Waals surface area contributed by atoms with Gasteiger partial charge in [0, 0.05) is 30.5 Å². The number of aromatic nitrogens is 3. The van der Waals surface area contributed by atoms with Crippen molar-refractivity contribution < 1.29 is 5.11 Å². The zero-order valence-corrected chi connectivity index (χ0v) is 12.5. The molecule has 0 unspecified atom stereocenters. The molecule has 0 bridgehead atoms. The van der Waals surface area contributed by atoms with Crippen LogP contribution in [-0.2, 0) is 19.6 Å². The normalized spacial score (nSPS) is 11.0. The molecule has 0 aromatic carbocycles. The summed E-state index contributed by atoms with van der Waals surface area (Å²) in [5.74, 6) is 0. The Morgan fingerprint density at radius 3 is 2.75 bits per heavy atom. The van der Waals surface area contributed by atoms with E-state index in [9.17, 15) is 0 Å². The van der Waals surface area contributed by atoms with Gasteiger partial charge >= 0.3 is 0 Å². The molecule has 20 heavy (non-hydrogen) atoms. The number of nitrogens with zero attached hydrogens (tertiary/aromatic N) is 3. The van der Waals surface area contributed by atoms with Gasteiger partial charge in [-0.2, -0.15) is 5.10 Å². The van der Waals surface area contributed by atoms with Gasteiger partial charge in [0.05, 0.1) is 18.8 Å². The number of aliphatic hydroxyl groups excluding tert-OH is 1. The van der Waals surface area contributed by atoms with Crippen LogP contribution in [0.3, 0.4) is 0 Å². The third-order valence-corrected chi connectivity index (χ3v) is 3.49. The van der Waals surface area contributed by atoms with Gasteiger partial charge in [-0.1, -0.05) is 17.7 Å². The minimum atomic E-state index is 0.102. The Balaban J connectivity index is 1.95. The lowest BCUT2D eigenvalue weighted by Crippen LogP contribution is -2.14. The lowest BCUT2D eigenvalue weighted by molar-refractivity contribution is 0.267. The summed E-state index contributed by atoms with van der Waals surface area (Å²) in [6, 6.07) is 3.74. The van der Waals surface area contributed by atoms with Gasteiger partial charge in [0.15, 0.2) is 0 Å². The van der Waals surface area contributed by atoms with E-state index in [0.29, 0.717) is 11.7 Å². The SMILES string of the molecule is Cc1nn(CCO)c(C)c1CNCc1ccc(Cl)nc1. The number of rotatable bonds is 6. The Bertz CT molecular complexity index is 565. The number of aryl methyl sites for hydroxylation is 1. The van der Waals surface area contributed by atoms with Crippen LogP contribution in [0.5, 0.6) is 0 Å². The molecular formula is C14H19ClN4O. The van der Waals surface area contributed by atoms with Crippen LogP contribution < -0.4 is 5.32 Å². The van der Waals surface area contributed by atoms with Crippen molar-refractivity contribution in [3.63, 3.8) is 0 Å². The molecule has 108 valence electrons. The highest BCUT2D eigenvalue weighted by atomic mass is 35.5. The summed E-state index contributed by atoms with van der Waals surface area (Å²) in [7, 11) is 0. The van der Waals surface area contributed by atoms with Crippen LogP contribution in [0.2, 0.25) is 5.15 Å². The fourth-order valence-corrected chi connectivity index (χ4v) is 2.26. The minimum Gasteiger partial charge on any atom is -0.394 e. The molecule has 0 fully saturated rings. The molecule has 0 spiro atoms. The van der Waals surface area contributed by atoms with Crippen molar-refractivity contribution in [3.05, 3.63) is 46.0 Å². The van der Waals surface area contributed by atoms with Crippen molar-refractivity contribution in [1.29, 1.82) is 0 Å². The van der Waals surface area contributed by atoms with Crippen LogP contribution in [-0.4, -0.2) is 26.5 Å². The Morgan fingerprint density at radius 2 is 2.10 bits per heavy atom. The predicted octanol–water partition coefficient (Wildman–Crippen LogP) is 1.83. The maximum Gasteiger partial charge on any atom is 0.129 e. The number of pyridine rings is 1. The maximum atomic E-state index is 9.00. The van der Waals surface area contributed by atoms with Crippen molar-refractivity contribution in [2.45, 2.75) is 33.5 Å². The van der Waals surface area contributed by atoms with Gasteiger partial charge in [-0.15, -0.1) is 0 Å². The van der Waals surface area contributed by atoms with Gasteiger partial charge in [0.25, 0.3) is 0 Å². The second-order valence-electron chi connectivity index (χ2n) is 4.69. The smallest absolute Gasteiger partial charge is 0.129 e. The first-order valence-corrected chi connectivity index (χ1v) is 6.94. The van der Waals surface area contributed by atoms with Crippen LogP contribution in [0.25, 0.3) is 0 Å². The first-order valence-electron chi connectivity index (χ1n) is 6.56. The molecule has 0 atom stereocenters. The summed E-state index contributed by atoms with van der Waals surface area (Å²) < 4.78 is 1.84. The summed E-state index contributed by atoms with van der Waals surface area (Å²) in [4.78, 5) is 4.05. The number of hydrogen-bond acceptors (Lipinski definition) is 4. The molecule has 2 aromatic heterocycles. The van der Waals surface area contributed by atoms with Gasteiger partial charge < -0.3 is 10.4 Å². The first kappa shape index (κ1) is 15.0. The molecule has 2 heterocycles. The number of nitrogens with one attached hydrogen (secondary N) is 1. The summed E-state index contributed by atoms with van der Waals surface area (Å²) in [6.07, 6.45) is 1.77. The largest absolute Gasteiger partial charge is 0.394 e. The number of halogens is 1. The number of aliphatic hydroxyl groups is 1. The lowest BCUT2D eigenvalue weighted by Gasteiger charge is -2.06. The van der Waals surface area contributed by atoms with Gasteiger partial charge in [-0.3, -0.25) is 4.68 Å². The quantitative estimate of drug-likeness (QED) is 0.798. The van der Waals surface area contributed by atoms with Crippen molar-refractivity contribution in [3.8, 4) is 0 Å². The van der Waals surface area contributed by atoms with Gasteiger partial charge in [0.2, 0.25) is 0 Å². The molecule has 6 heteroatoms. The Kier molecular flexibility index (Phi) is 5.11. The standard InChI is InChI=1S/C14H19ClN4O/c1-10-13(11(2)19(18-10)5-6-20)9-16-7-12-3-4-14(15)17-8-12/h3-4,8,16,20H,5-7,9H2,1-2H3. The second-order valence-corrected chi connectivity index (χ2v) is 5.08. The molecule has 0 amide bonds. The Hall–Kier alpha value is -1.43. The highest BCUT2D eigenvalue weighted by molar-refractivity contribution is 6.29. The molecule has 2 rings (SSSR count). The molecule has 2 N–H and O–H groups in total. The van der Waals surface area contributed by atoms with Gasteiger partial charge in [0.1, 0.15) is 5.15 Å². The van der Waals surface area contributed by atoms with Crippen LogP contribution >= 0.6 is 11.6 Å². The summed E-state index contributed by atoms with van der Waals surface area (Å²) in [5.41, 5.74) is 4.36. The highest BCUT2D eigenvalue weighted by Crippen LogP contribution is 2.13. The fraction of sp³-hybridized carbons (Fsp3) is 0.429. The van der Waals surface area contributed by atoms with Crippen molar-refractivity contribution >= 4 is 11.6 Å². The molecule has 0 aliphatic carbocycles. The van der Waals surface area contributed by atoms with Crippen LogP contribution in [0.4, 0.5) is 0 Å². The van der Waals surface area contributed by atoms with E-state index in [1.807, 2.05) is 24.6 Å². The Labute approximate surface area is 123 Å². The molecule has 5 nitrogen and oxygen atoms in total. The number of hydrogen-bond donors (Lipinski definition) is 2. The average molecular weight is 295 g/mol. The van der Waals surface area contributed by atoms with E-state index < -0.39 is 0 Å². The molecule has 0 aliphatic rings. The van der Waals surface area contributed by atoms with Gasteiger partial charge in [-0.05, 0) is 25.5 Å². The zero-order valence-electron chi connectivity index (χ0n) is 11.7. The third-order valence-electron chi connectivity index (χ3n) is 3.26. The summed E-state index contributed by atoms with van der Waals surface area (Å²) in [5, 5.41) is 17.3. The van der Waals surface area contributed by atoms with Crippen LogP contribution in [0.1, 0.15) is 22.5 Å². The van der Waals surface area contributed by atoms with E-state index in [1.54, 1.807) is 12.3 Å². The van der Waals surface area contributed by atoms with E-state index in [0.717, 1.165) is 30.0 Å². The monoisotopic (exact) mass is 294 g/mol. The fourth-order valence-electron chi connectivity index (χ4n) is 2.15. The average Bonchev–Trinajstić information content (AvgIpc) is 2.69. The molecule has 2 aromatic rings. The topological polar surface area (TPSA) is 63.0 Å². The lowest BCUT2D eigenvalue weighted by atomic mass is 10.2. The zero-order chi connectivity index (χ0) is 14.5.